The highest BCUT2D eigenvalue weighted by atomic mass is 16.5. The maximum atomic E-state index is 12.1. The Morgan fingerprint density at radius 2 is 2.21 bits per heavy atom. The van der Waals surface area contributed by atoms with Crippen LogP contribution in [0.15, 0.2) is 23.0 Å². The molecule has 24 heavy (non-hydrogen) atoms. The van der Waals surface area contributed by atoms with Gasteiger partial charge in [0.15, 0.2) is 5.82 Å². The lowest BCUT2D eigenvalue weighted by atomic mass is 10.2. The molecule has 0 fully saturated rings. The first-order chi connectivity index (χ1) is 11.5. The Labute approximate surface area is 137 Å². The highest BCUT2D eigenvalue weighted by Crippen LogP contribution is 2.20. The molecule has 2 aromatic heterocycles. The Morgan fingerprint density at radius 3 is 2.92 bits per heavy atom. The van der Waals surface area contributed by atoms with Gasteiger partial charge in [0.1, 0.15) is 6.73 Å². The molecule has 0 aliphatic rings. The van der Waals surface area contributed by atoms with Crippen molar-refractivity contribution in [2.75, 3.05) is 19.2 Å². The zero-order valence-corrected chi connectivity index (χ0v) is 13.6. The summed E-state index contributed by atoms with van der Waals surface area (Å²) in [7, 11) is 1.49. The number of fused-ring (bicyclic) bond motifs is 3. The van der Waals surface area contributed by atoms with Crippen LogP contribution in [0.1, 0.15) is 24.2 Å². The number of carbonyl (C=O) groups excluding carboxylic acids is 1. The van der Waals surface area contributed by atoms with Crippen molar-refractivity contribution in [3.05, 3.63) is 34.2 Å². The predicted molar refractivity (Wildman–Crippen MR) is 89.2 cm³/mol. The topological polar surface area (TPSA) is 113 Å². The van der Waals surface area contributed by atoms with Crippen molar-refractivity contribution in [2.24, 2.45) is 0 Å². The van der Waals surface area contributed by atoms with E-state index in [1.807, 2.05) is 13.8 Å². The number of nitrogens with zero attached hydrogens (tertiary/aromatic N) is 3. The van der Waals surface area contributed by atoms with Gasteiger partial charge in [0.25, 0.3) is 5.91 Å². The molecule has 3 rings (SSSR count). The number of methoxy groups -OCH3 is 1. The van der Waals surface area contributed by atoms with Gasteiger partial charge in [0.05, 0.1) is 11.0 Å². The van der Waals surface area contributed by atoms with Gasteiger partial charge < -0.3 is 15.4 Å². The number of aromatic nitrogens is 4. The van der Waals surface area contributed by atoms with Gasteiger partial charge in [-0.25, -0.2) is 19.3 Å². The molecule has 0 spiro atoms. The highest BCUT2D eigenvalue weighted by molar-refractivity contribution is 5.97. The summed E-state index contributed by atoms with van der Waals surface area (Å²) in [6, 6.07) is 5.04. The molecule has 0 aliphatic heterocycles. The quantitative estimate of drug-likeness (QED) is 0.594. The maximum absolute atomic E-state index is 12.1. The molecule has 0 atom stereocenters. The van der Waals surface area contributed by atoms with Crippen molar-refractivity contribution in [1.29, 1.82) is 0 Å². The Hall–Kier alpha value is -2.94. The number of aromatic amines is 1. The first-order valence-corrected chi connectivity index (χ1v) is 7.46. The van der Waals surface area contributed by atoms with Crippen molar-refractivity contribution in [3.63, 3.8) is 0 Å². The Bertz CT molecular complexity index is 959. The molecule has 0 saturated carbocycles. The average molecular weight is 330 g/mol. The number of amides is 1. The van der Waals surface area contributed by atoms with Gasteiger partial charge in [-0.1, -0.05) is 0 Å². The van der Waals surface area contributed by atoms with Gasteiger partial charge >= 0.3 is 5.69 Å². The zero-order valence-electron chi connectivity index (χ0n) is 13.6. The Balaban J connectivity index is 2.18. The predicted octanol–water partition coefficient (Wildman–Crippen LogP) is 0.725. The maximum Gasteiger partial charge on any atom is 0.348 e. The van der Waals surface area contributed by atoms with Gasteiger partial charge in [-0.3, -0.25) is 4.79 Å². The number of anilines is 1. The van der Waals surface area contributed by atoms with E-state index < -0.39 is 0 Å². The van der Waals surface area contributed by atoms with Crippen LogP contribution in [0, 0.1) is 0 Å². The van der Waals surface area contributed by atoms with Crippen LogP contribution in [0.3, 0.4) is 0 Å². The fourth-order valence-corrected chi connectivity index (χ4v) is 2.40. The van der Waals surface area contributed by atoms with E-state index in [1.165, 1.54) is 11.5 Å². The van der Waals surface area contributed by atoms with Crippen LogP contribution >= 0.6 is 0 Å². The zero-order chi connectivity index (χ0) is 17.3. The molecule has 9 nitrogen and oxygen atoms in total. The lowest BCUT2D eigenvalue weighted by Gasteiger charge is -2.12. The van der Waals surface area contributed by atoms with E-state index in [0.717, 1.165) is 0 Å². The molecule has 0 aliphatic carbocycles. The van der Waals surface area contributed by atoms with Crippen molar-refractivity contribution >= 4 is 28.4 Å². The number of benzene rings is 1. The van der Waals surface area contributed by atoms with Gasteiger partial charge in [-0.2, -0.15) is 0 Å². The van der Waals surface area contributed by atoms with Crippen LogP contribution in [0.4, 0.5) is 5.82 Å². The minimum atomic E-state index is -0.360. The van der Waals surface area contributed by atoms with E-state index in [-0.39, 0.29) is 24.4 Å². The molecule has 3 N–H and O–H groups in total. The van der Waals surface area contributed by atoms with Gasteiger partial charge in [-0.15, -0.1) is 5.10 Å². The summed E-state index contributed by atoms with van der Waals surface area (Å²) >= 11 is 0. The molecular formula is C15H18N6O3. The van der Waals surface area contributed by atoms with Crippen LogP contribution in [0.25, 0.3) is 16.7 Å². The van der Waals surface area contributed by atoms with Crippen molar-refractivity contribution < 1.29 is 9.53 Å². The van der Waals surface area contributed by atoms with Crippen molar-refractivity contribution in [1.82, 2.24) is 24.9 Å². The van der Waals surface area contributed by atoms with E-state index in [4.69, 9.17) is 4.74 Å². The molecule has 2 heterocycles. The number of hydrogen-bond acceptors (Lipinski definition) is 6. The molecule has 1 aromatic carbocycles. The summed E-state index contributed by atoms with van der Waals surface area (Å²) in [6.07, 6.45) is 0. The third-order valence-corrected chi connectivity index (χ3v) is 3.40. The number of hydrogen-bond donors (Lipinski definition) is 3. The lowest BCUT2D eigenvalue weighted by Crippen LogP contribution is -2.25. The van der Waals surface area contributed by atoms with Crippen LogP contribution < -0.4 is 16.3 Å². The van der Waals surface area contributed by atoms with Crippen LogP contribution in [0.2, 0.25) is 0 Å². The summed E-state index contributed by atoms with van der Waals surface area (Å²) in [5.41, 5.74) is 1.57. The second-order valence-corrected chi connectivity index (χ2v) is 5.59. The largest absolute Gasteiger partial charge is 0.365 e. The molecule has 9 heteroatoms. The number of nitrogens with one attached hydrogen (secondary N) is 3. The fourth-order valence-electron chi connectivity index (χ4n) is 2.40. The third kappa shape index (κ3) is 2.81. The molecule has 0 saturated heterocycles. The summed E-state index contributed by atoms with van der Waals surface area (Å²) in [6.45, 7) is 4.04. The third-order valence-electron chi connectivity index (χ3n) is 3.40. The van der Waals surface area contributed by atoms with Crippen molar-refractivity contribution in [2.45, 2.75) is 19.9 Å². The second-order valence-electron chi connectivity index (χ2n) is 5.59. The normalized spacial score (nSPS) is 11.3. The number of ether oxygens (including phenoxy) is 1. The average Bonchev–Trinajstić information content (AvgIpc) is 2.94. The van der Waals surface area contributed by atoms with E-state index in [1.54, 1.807) is 18.2 Å². The smallest absolute Gasteiger partial charge is 0.348 e. The second kappa shape index (κ2) is 6.28. The molecule has 0 unspecified atom stereocenters. The summed E-state index contributed by atoms with van der Waals surface area (Å²) in [5, 5.41) is 12.2. The van der Waals surface area contributed by atoms with Crippen molar-refractivity contribution in [3.8, 4) is 0 Å². The van der Waals surface area contributed by atoms with Gasteiger partial charge in [0, 0.05) is 18.7 Å². The summed E-state index contributed by atoms with van der Waals surface area (Å²) in [5.74, 6) is 0.198. The Morgan fingerprint density at radius 1 is 1.42 bits per heavy atom. The van der Waals surface area contributed by atoms with Crippen LogP contribution in [-0.2, 0) is 4.74 Å². The van der Waals surface area contributed by atoms with E-state index >= 15 is 0 Å². The van der Waals surface area contributed by atoms with E-state index in [9.17, 15) is 9.59 Å². The molecule has 0 radical (unpaired) electrons. The van der Waals surface area contributed by atoms with Crippen LogP contribution in [0.5, 0.6) is 0 Å². The van der Waals surface area contributed by atoms with E-state index in [0.29, 0.717) is 28.1 Å². The summed E-state index contributed by atoms with van der Waals surface area (Å²) in [4.78, 5) is 28.7. The minimum Gasteiger partial charge on any atom is -0.365 e. The number of rotatable bonds is 5. The van der Waals surface area contributed by atoms with E-state index in [2.05, 4.69) is 25.8 Å². The fraction of sp³-hybridized carbons (Fsp3) is 0.333. The number of H-pyrrole nitrogens is 1. The monoisotopic (exact) mass is 330 g/mol. The minimum absolute atomic E-state index is 0.110. The molecule has 1 amide bonds. The lowest BCUT2D eigenvalue weighted by molar-refractivity contribution is 0.0872. The first-order valence-electron chi connectivity index (χ1n) is 7.46. The van der Waals surface area contributed by atoms with Gasteiger partial charge in [-0.05, 0) is 32.0 Å². The molecular weight excluding hydrogens is 312 g/mol. The van der Waals surface area contributed by atoms with Gasteiger partial charge in [0.2, 0.25) is 5.65 Å². The molecule has 3 aromatic rings. The highest BCUT2D eigenvalue weighted by Gasteiger charge is 2.15. The standard InChI is InChI=1S/C15H18N6O3/c1-8(2)17-12-13-19-20-15(23)21(13)11-5-4-9(6-10(11)18-12)14(22)16-7-24-3/h4-6,8H,7H2,1-3H3,(H,16,22)(H,17,18)(H,20,23). The molecule has 126 valence electrons. The first kappa shape index (κ1) is 15.9. The number of carbonyl (C=O) groups is 1. The molecule has 0 bridgehead atoms. The Kier molecular flexibility index (Phi) is 4.17. The van der Waals surface area contributed by atoms with Crippen LogP contribution in [-0.4, -0.2) is 45.4 Å². The SMILES string of the molecule is COCNC(=O)c1ccc2c(c1)nc(NC(C)C)c1n[nH]c(=O)n12. The summed E-state index contributed by atoms with van der Waals surface area (Å²) < 4.78 is 6.27.